The van der Waals surface area contributed by atoms with Crippen molar-refractivity contribution in [2.75, 3.05) is 10.7 Å². The van der Waals surface area contributed by atoms with Crippen molar-refractivity contribution in [1.29, 1.82) is 0 Å². The van der Waals surface area contributed by atoms with E-state index in [2.05, 4.69) is 15.2 Å². The van der Waals surface area contributed by atoms with Crippen LogP contribution >= 0.6 is 11.8 Å². The van der Waals surface area contributed by atoms with Gasteiger partial charge in [0, 0.05) is 18.4 Å². The van der Waals surface area contributed by atoms with Gasteiger partial charge in [0.1, 0.15) is 0 Å². The topological polar surface area (TPSA) is 68.2 Å². The van der Waals surface area contributed by atoms with Crippen LogP contribution in [0.3, 0.4) is 0 Å². The van der Waals surface area contributed by atoms with Gasteiger partial charge in [-0.05, 0) is 11.8 Å². The van der Waals surface area contributed by atoms with Crippen molar-refractivity contribution < 1.29 is 9.53 Å². The van der Waals surface area contributed by atoms with Gasteiger partial charge in [-0.25, -0.2) is 0 Å². The summed E-state index contributed by atoms with van der Waals surface area (Å²) in [6.45, 7) is 5.88. The molecule has 1 aliphatic heterocycles. The average Bonchev–Trinajstić information content (AvgIpc) is 2.75. The van der Waals surface area contributed by atoms with Crippen molar-refractivity contribution in [3.8, 4) is 17.1 Å². The van der Waals surface area contributed by atoms with Crippen molar-refractivity contribution in [2.24, 2.45) is 0 Å². The Kier molecular flexibility index (Phi) is 4.99. The summed E-state index contributed by atoms with van der Waals surface area (Å²) in [4.78, 5) is 18.8. The maximum atomic E-state index is 12.6. The zero-order chi connectivity index (χ0) is 17.1. The molecule has 0 unspecified atom stereocenters. The lowest BCUT2D eigenvalue weighted by molar-refractivity contribution is -0.120. The smallest absolute Gasteiger partial charge is 0.247 e. The summed E-state index contributed by atoms with van der Waals surface area (Å²) in [5, 5.41) is 9.10. The first-order valence-corrected chi connectivity index (χ1v) is 9.13. The monoisotopic (exact) mass is 344 g/mol. The van der Waals surface area contributed by atoms with Gasteiger partial charge < -0.3 is 4.74 Å². The van der Waals surface area contributed by atoms with Crippen molar-refractivity contribution in [1.82, 2.24) is 15.2 Å². The van der Waals surface area contributed by atoms with E-state index in [4.69, 9.17) is 4.74 Å². The molecule has 1 atom stereocenters. The third kappa shape index (κ3) is 2.96. The third-order valence-corrected chi connectivity index (χ3v) is 4.50. The minimum atomic E-state index is -0.406. The Bertz CT molecular complexity index is 753. The van der Waals surface area contributed by atoms with Gasteiger partial charge in [-0.2, -0.15) is 4.98 Å². The molecule has 0 saturated carbocycles. The Labute approximate surface area is 145 Å². The Balaban J connectivity index is 2.18. The molecule has 2 aromatic rings. The quantitative estimate of drug-likeness (QED) is 0.791. The van der Waals surface area contributed by atoms with Crippen LogP contribution in [0.5, 0.6) is 5.88 Å². The highest BCUT2D eigenvalue weighted by atomic mass is 32.2. The largest absolute Gasteiger partial charge is 0.451 e. The van der Waals surface area contributed by atoms with E-state index in [0.717, 1.165) is 17.0 Å². The molecule has 126 valence electrons. The van der Waals surface area contributed by atoms with Crippen molar-refractivity contribution in [3.63, 3.8) is 0 Å². The minimum absolute atomic E-state index is 0.0122. The molecular formula is C17H20N4O2S. The normalized spacial score (nSPS) is 16.0. The predicted octanol–water partition coefficient (Wildman–Crippen LogP) is 3.52. The number of para-hydroxylation sites is 1. The second kappa shape index (κ2) is 7.17. The highest BCUT2D eigenvalue weighted by Gasteiger charge is 2.33. The number of aromatic nitrogens is 3. The van der Waals surface area contributed by atoms with Crippen LogP contribution < -0.4 is 9.64 Å². The first-order valence-electron chi connectivity index (χ1n) is 8.15. The number of carbonyl (C=O) groups is 1. The Morgan fingerprint density at radius 3 is 2.75 bits per heavy atom. The van der Waals surface area contributed by atoms with E-state index in [0.29, 0.717) is 29.6 Å². The summed E-state index contributed by atoms with van der Waals surface area (Å²) in [6, 6.07) is 7.67. The van der Waals surface area contributed by atoms with E-state index >= 15 is 0 Å². The minimum Gasteiger partial charge on any atom is -0.451 e. The van der Waals surface area contributed by atoms with Crippen LogP contribution in [0, 0.1) is 0 Å². The van der Waals surface area contributed by atoms with Gasteiger partial charge in [0.2, 0.25) is 16.9 Å². The summed E-state index contributed by atoms with van der Waals surface area (Å²) in [5.74, 6) is 1.30. The van der Waals surface area contributed by atoms with Gasteiger partial charge >= 0.3 is 0 Å². The molecule has 1 amide bonds. The standard InChI is InChI=1S/C17H20N4O2S/c1-4-13(22)21-12-10-8-7-9-11(12)15-16(23-14(21)5-2)18-17(20-19-15)24-6-3/h7-10,14H,4-6H2,1-3H3/t14-/m0/s1. The molecule has 0 bridgehead atoms. The van der Waals surface area contributed by atoms with E-state index in [-0.39, 0.29) is 5.91 Å². The number of hydrogen-bond donors (Lipinski definition) is 0. The molecule has 3 rings (SSSR count). The molecular weight excluding hydrogens is 324 g/mol. The first kappa shape index (κ1) is 16.7. The fourth-order valence-corrected chi connectivity index (χ4v) is 3.20. The van der Waals surface area contributed by atoms with E-state index in [1.54, 1.807) is 4.90 Å². The second-order valence-electron chi connectivity index (χ2n) is 5.30. The van der Waals surface area contributed by atoms with Gasteiger partial charge in [0.05, 0.1) is 5.69 Å². The Morgan fingerprint density at radius 1 is 1.25 bits per heavy atom. The zero-order valence-electron chi connectivity index (χ0n) is 14.0. The van der Waals surface area contributed by atoms with Crippen LogP contribution in [0.15, 0.2) is 29.4 Å². The van der Waals surface area contributed by atoms with Crippen molar-refractivity contribution in [2.45, 2.75) is 45.0 Å². The number of fused-ring (bicyclic) bond motifs is 3. The fraction of sp³-hybridized carbons (Fsp3) is 0.412. The van der Waals surface area contributed by atoms with E-state index in [9.17, 15) is 4.79 Å². The van der Waals surface area contributed by atoms with Crippen LogP contribution in [0.4, 0.5) is 5.69 Å². The number of benzene rings is 1. The van der Waals surface area contributed by atoms with Crippen LogP contribution in [-0.4, -0.2) is 33.1 Å². The molecule has 6 nitrogen and oxygen atoms in total. The van der Waals surface area contributed by atoms with E-state index in [1.807, 2.05) is 45.0 Å². The lowest BCUT2D eigenvalue weighted by Crippen LogP contribution is -2.43. The molecule has 0 spiro atoms. The molecule has 7 heteroatoms. The number of nitrogens with zero attached hydrogens (tertiary/aromatic N) is 4. The molecule has 0 fully saturated rings. The molecule has 0 aliphatic carbocycles. The summed E-state index contributed by atoms with van der Waals surface area (Å²) >= 11 is 1.51. The highest BCUT2D eigenvalue weighted by Crippen LogP contribution is 2.39. The molecule has 2 heterocycles. The summed E-state index contributed by atoms with van der Waals surface area (Å²) in [6.07, 6.45) is 0.649. The summed E-state index contributed by atoms with van der Waals surface area (Å²) in [7, 11) is 0. The van der Waals surface area contributed by atoms with Gasteiger partial charge in [0.15, 0.2) is 11.9 Å². The molecule has 24 heavy (non-hydrogen) atoms. The first-order chi connectivity index (χ1) is 11.7. The van der Waals surface area contributed by atoms with Crippen molar-refractivity contribution in [3.05, 3.63) is 24.3 Å². The van der Waals surface area contributed by atoms with Crippen molar-refractivity contribution >= 4 is 23.4 Å². The lowest BCUT2D eigenvalue weighted by Gasteiger charge is -2.29. The Morgan fingerprint density at radius 2 is 2.04 bits per heavy atom. The lowest BCUT2D eigenvalue weighted by atomic mass is 10.1. The summed E-state index contributed by atoms with van der Waals surface area (Å²) < 4.78 is 6.09. The molecule has 1 aromatic carbocycles. The Hall–Kier alpha value is -2.15. The molecule has 0 radical (unpaired) electrons. The number of rotatable bonds is 4. The van der Waals surface area contributed by atoms with E-state index < -0.39 is 6.23 Å². The van der Waals surface area contributed by atoms with Gasteiger partial charge in [-0.15, -0.1) is 10.2 Å². The van der Waals surface area contributed by atoms with Crippen LogP contribution in [0.25, 0.3) is 11.3 Å². The number of ether oxygens (including phenoxy) is 1. The number of carbonyl (C=O) groups excluding carboxylic acids is 1. The third-order valence-electron chi connectivity index (χ3n) is 3.78. The number of thioether (sulfide) groups is 1. The van der Waals surface area contributed by atoms with Gasteiger partial charge in [-0.1, -0.05) is 50.7 Å². The number of hydrogen-bond acceptors (Lipinski definition) is 6. The summed E-state index contributed by atoms with van der Waals surface area (Å²) in [5.41, 5.74) is 2.19. The maximum Gasteiger partial charge on any atom is 0.247 e. The van der Waals surface area contributed by atoms with E-state index in [1.165, 1.54) is 11.8 Å². The molecule has 1 aliphatic rings. The average molecular weight is 344 g/mol. The van der Waals surface area contributed by atoms with Crippen LogP contribution in [0.1, 0.15) is 33.6 Å². The van der Waals surface area contributed by atoms with Gasteiger partial charge in [0.25, 0.3) is 0 Å². The highest BCUT2D eigenvalue weighted by molar-refractivity contribution is 7.99. The maximum absolute atomic E-state index is 12.6. The predicted molar refractivity (Wildman–Crippen MR) is 94.1 cm³/mol. The zero-order valence-corrected chi connectivity index (χ0v) is 14.8. The molecule has 0 saturated heterocycles. The van der Waals surface area contributed by atoms with Gasteiger partial charge in [-0.3, -0.25) is 9.69 Å². The van der Waals surface area contributed by atoms with Crippen LogP contribution in [-0.2, 0) is 4.79 Å². The number of anilines is 1. The SMILES string of the molecule is CCSc1nnc2c(n1)O[C@@H](CC)N(C(=O)CC)c1ccccc1-2. The fourth-order valence-electron chi connectivity index (χ4n) is 2.69. The second-order valence-corrected chi connectivity index (χ2v) is 6.53. The van der Waals surface area contributed by atoms with Crippen LogP contribution in [0.2, 0.25) is 0 Å². The molecule has 0 N–H and O–H groups in total. The number of amides is 1. The molecule has 1 aromatic heterocycles.